The summed E-state index contributed by atoms with van der Waals surface area (Å²) in [6.07, 6.45) is 4.17. The fourth-order valence-electron chi connectivity index (χ4n) is 5.46. The quantitative estimate of drug-likeness (QED) is 0.233. The van der Waals surface area contributed by atoms with Crippen molar-refractivity contribution in [2.45, 2.75) is 74.9 Å². The summed E-state index contributed by atoms with van der Waals surface area (Å²) in [6.45, 7) is 8.09. The summed E-state index contributed by atoms with van der Waals surface area (Å²) in [4.78, 5) is 60.3. The van der Waals surface area contributed by atoms with Crippen molar-refractivity contribution in [2.75, 3.05) is 5.88 Å². The number of hydrogen-bond acceptors (Lipinski definition) is 10. The van der Waals surface area contributed by atoms with Gasteiger partial charge < -0.3 is 15.2 Å². The molecule has 0 radical (unpaired) electrons. The zero-order valence-corrected chi connectivity index (χ0v) is 28.6. The molecule has 2 atom stereocenters. The minimum Gasteiger partial charge on any atom is -0.480 e. The maximum Gasteiger partial charge on any atom is 0.335 e. The van der Waals surface area contributed by atoms with E-state index in [0.29, 0.717) is 16.8 Å². The number of imidazole rings is 1. The smallest absolute Gasteiger partial charge is 0.335 e. The number of aliphatic carboxylic acids is 1. The number of amides is 1. The van der Waals surface area contributed by atoms with Gasteiger partial charge in [-0.1, -0.05) is 12.1 Å². The van der Waals surface area contributed by atoms with Crippen LogP contribution >= 0.6 is 11.8 Å². The lowest BCUT2D eigenvalue weighted by atomic mass is 10.0. The van der Waals surface area contributed by atoms with Crippen LogP contribution in [0.3, 0.4) is 0 Å². The van der Waals surface area contributed by atoms with E-state index in [0.717, 1.165) is 8.87 Å². The fourth-order valence-corrected chi connectivity index (χ4v) is 8.59. The number of thioether (sulfide) groups is 1. The van der Waals surface area contributed by atoms with E-state index in [9.17, 15) is 32.7 Å². The van der Waals surface area contributed by atoms with Gasteiger partial charge in [-0.05, 0) is 76.6 Å². The first-order valence-electron chi connectivity index (χ1n) is 15.0. The number of carbonyl (C=O) groups is 3. The number of benzene rings is 1. The van der Waals surface area contributed by atoms with Crippen LogP contribution in [0.15, 0.2) is 76.8 Å². The third-order valence-electron chi connectivity index (χ3n) is 7.63. The zero-order valence-electron chi connectivity index (χ0n) is 27.0. The van der Waals surface area contributed by atoms with Crippen LogP contribution < -0.4 is 11.0 Å². The Kier molecular flexibility index (Phi) is 9.54. The van der Waals surface area contributed by atoms with Crippen LogP contribution in [0.5, 0.6) is 0 Å². The number of nitrogens with one attached hydrogen (secondary N) is 1. The first kappa shape index (κ1) is 34.8. The second-order valence-corrected chi connectivity index (χ2v) is 16.3. The van der Waals surface area contributed by atoms with E-state index in [1.165, 1.54) is 47.1 Å². The largest absolute Gasteiger partial charge is 0.480 e. The van der Waals surface area contributed by atoms with Gasteiger partial charge in [0.1, 0.15) is 29.1 Å². The summed E-state index contributed by atoms with van der Waals surface area (Å²) >= 11 is 1.30. The normalized spacial score (nSPS) is 17.2. The van der Waals surface area contributed by atoms with Crippen LogP contribution in [0, 0.1) is 0 Å². The molecule has 0 spiro atoms. The number of aromatic nitrogens is 4. The second kappa shape index (κ2) is 13.2. The Balaban J connectivity index is 1.44. The molecule has 4 aromatic rings. The highest BCUT2D eigenvalue weighted by atomic mass is 32.2. The lowest BCUT2D eigenvalue weighted by Crippen LogP contribution is -2.57. The highest BCUT2D eigenvalue weighted by Crippen LogP contribution is 2.42. The van der Waals surface area contributed by atoms with E-state index in [-0.39, 0.29) is 22.8 Å². The molecule has 3 aromatic heterocycles. The summed E-state index contributed by atoms with van der Waals surface area (Å²) in [5.41, 5.74) is 0.189. The number of ether oxygens (including phenoxy) is 1. The van der Waals surface area contributed by atoms with Crippen LogP contribution in [-0.2, 0) is 42.1 Å². The van der Waals surface area contributed by atoms with Gasteiger partial charge in [-0.25, -0.2) is 27.6 Å². The van der Waals surface area contributed by atoms with E-state index >= 15 is 0 Å². The Morgan fingerprint density at radius 3 is 2.42 bits per heavy atom. The fraction of sp³-hybridized carbons (Fsp3) is 0.375. The molecular formula is C32H36N6O8S2. The predicted octanol–water partition coefficient (Wildman–Crippen LogP) is 2.58. The van der Waals surface area contributed by atoms with Crippen molar-refractivity contribution in [3.05, 3.63) is 83.2 Å². The van der Waals surface area contributed by atoms with E-state index in [2.05, 4.69) is 15.3 Å². The zero-order chi connectivity index (χ0) is 35.0. The molecule has 1 amide bonds. The van der Waals surface area contributed by atoms with Crippen molar-refractivity contribution in [1.29, 1.82) is 0 Å². The number of nitrogens with zero attached hydrogens (tertiary/aromatic N) is 5. The Bertz CT molecular complexity index is 2020. The minimum absolute atomic E-state index is 0.00942. The molecule has 1 aliphatic rings. The summed E-state index contributed by atoms with van der Waals surface area (Å²) in [6, 6.07) is 10.4. The molecule has 0 saturated carbocycles. The molecule has 1 fully saturated rings. The van der Waals surface area contributed by atoms with Crippen LogP contribution in [0.4, 0.5) is 0 Å². The number of hydrogen-bond donors (Lipinski definition) is 2. The van der Waals surface area contributed by atoms with Gasteiger partial charge in [0.25, 0.3) is 0 Å². The van der Waals surface area contributed by atoms with Crippen LogP contribution in [0.25, 0.3) is 16.9 Å². The number of carboxylic acid groups (broad SMARTS) is 1. The van der Waals surface area contributed by atoms with Crippen LogP contribution in [0.2, 0.25) is 0 Å². The Morgan fingerprint density at radius 2 is 1.79 bits per heavy atom. The Labute approximate surface area is 281 Å². The van der Waals surface area contributed by atoms with Crippen molar-refractivity contribution in [3.8, 4) is 5.69 Å². The molecule has 1 aromatic carbocycles. The highest BCUT2D eigenvalue weighted by Gasteiger charge is 2.51. The van der Waals surface area contributed by atoms with Crippen molar-refractivity contribution in [3.63, 3.8) is 0 Å². The monoisotopic (exact) mass is 696 g/mol. The molecule has 2 unspecified atom stereocenters. The van der Waals surface area contributed by atoms with Crippen molar-refractivity contribution in [2.24, 2.45) is 0 Å². The summed E-state index contributed by atoms with van der Waals surface area (Å²) in [5.74, 6) is -2.52. The lowest BCUT2D eigenvalue weighted by Gasteiger charge is -2.32. The van der Waals surface area contributed by atoms with E-state index < -0.39 is 62.5 Å². The summed E-state index contributed by atoms with van der Waals surface area (Å²) in [5, 5.41) is 12.1. The molecule has 4 heterocycles. The molecule has 1 aliphatic heterocycles. The van der Waals surface area contributed by atoms with Gasteiger partial charge in [0, 0.05) is 29.8 Å². The second-order valence-electron chi connectivity index (χ2n) is 12.8. The molecule has 254 valence electrons. The molecule has 0 bridgehead atoms. The van der Waals surface area contributed by atoms with Crippen LogP contribution in [-0.4, -0.2) is 83.1 Å². The third-order valence-corrected chi connectivity index (χ3v) is 11.0. The standard InChI is InChI=1S/C32H36N6O8S2/c1-31(2,3)46-29(42)23(35-28(41)26-32(4,5)47-19-37(26)48(44,45)22-8-6-14-33-17-22)16-20-10-12-21(13-11-20)38-27-24(9-7-15-34-27)36(30(38)43)18-25(39)40/h6-15,17,23,26H,16,18-19H2,1-5H3,(H,35,41)(H,39,40). The maximum absolute atomic E-state index is 14.0. The molecule has 5 rings (SSSR count). The average Bonchev–Trinajstić information content (AvgIpc) is 3.49. The topological polar surface area (TPSA) is 183 Å². The predicted molar refractivity (Wildman–Crippen MR) is 178 cm³/mol. The Hall–Kier alpha value is -4.54. The number of carbonyl (C=O) groups excluding carboxylic acids is 2. The number of rotatable bonds is 10. The SMILES string of the molecule is CC(C)(C)OC(=O)C(Cc1ccc(-n2c(=O)n(CC(=O)O)c3cccnc32)cc1)NC(=O)C1N(S(=O)(=O)c2cccnc2)CSC1(C)C. The van der Waals surface area contributed by atoms with Gasteiger partial charge in [-0.3, -0.25) is 19.1 Å². The van der Waals surface area contributed by atoms with Crippen LogP contribution in [0.1, 0.15) is 40.2 Å². The number of esters is 1. The Morgan fingerprint density at radius 1 is 1.10 bits per heavy atom. The molecule has 0 aliphatic carbocycles. The van der Waals surface area contributed by atoms with Gasteiger partial charge in [0.2, 0.25) is 15.9 Å². The minimum atomic E-state index is -4.10. The first-order chi connectivity index (χ1) is 22.5. The highest BCUT2D eigenvalue weighted by molar-refractivity contribution is 8.02. The molecule has 48 heavy (non-hydrogen) atoms. The van der Waals surface area contributed by atoms with Crippen molar-refractivity contribution < 1.29 is 32.6 Å². The van der Waals surface area contributed by atoms with Gasteiger partial charge >= 0.3 is 17.6 Å². The van der Waals surface area contributed by atoms with Crippen molar-refractivity contribution in [1.82, 2.24) is 28.7 Å². The van der Waals surface area contributed by atoms with Gasteiger partial charge in [0.15, 0.2) is 5.65 Å². The molecule has 1 saturated heterocycles. The number of carboxylic acids is 1. The van der Waals surface area contributed by atoms with Crippen molar-refractivity contribution >= 4 is 50.8 Å². The van der Waals surface area contributed by atoms with E-state index in [1.807, 2.05) is 0 Å². The van der Waals surface area contributed by atoms with E-state index in [1.54, 1.807) is 71.0 Å². The maximum atomic E-state index is 14.0. The number of fused-ring (bicyclic) bond motifs is 1. The molecule has 2 N–H and O–H groups in total. The lowest BCUT2D eigenvalue weighted by molar-refractivity contribution is -0.158. The summed E-state index contributed by atoms with van der Waals surface area (Å²) in [7, 11) is -4.10. The van der Waals surface area contributed by atoms with E-state index in [4.69, 9.17) is 4.74 Å². The van der Waals surface area contributed by atoms with Gasteiger partial charge in [0.05, 0.1) is 17.1 Å². The first-order valence-corrected chi connectivity index (χ1v) is 17.4. The number of sulfonamides is 1. The van der Waals surface area contributed by atoms with Gasteiger partial charge in [-0.2, -0.15) is 4.31 Å². The number of pyridine rings is 2. The molecule has 14 nitrogen and oxygen atoms in total. The summed E-state index contributed by atoms with van der Waals surface area (Å²) < 4.78 is 35.5. The van der Waals surface area contributed by atoms with Gasteiger partial charge in [-0.15, -0.1) is 11.8 Å². The average molecular weight is 697 g/mol. The third kappa shape index (κ3) is 7.15. The molecule has 16 heteroatoms. The molecular weight excluding hydrogens is 661 g/mol.